The number of hydrogen-bond donors (Lipinski definition) is 2. The van der Waals surface area contributed by atoms with Gasteiger partial charge in [0.1, 0.15) is 23.6 Å². The van der Waals surface area contributed by atoms with E-state index in [-0.39, 0.29) is 37.0 Å². The molecule has 0 bridgehead atoms. The van der Waals surface area contributed by atoms with Gasteiger partial charge in [-0.3, -0.25) is 19.0 Å². The first-order valence-electron chi connectivity index (χ1n) is 12.3. The van der Waals surface area contributed by atoms with Crippen LogP contribution in [0.2, 0.25) is 0 Å². The van der Waals surface area contributed by atoms with Crippen LogP contribution in [0.25, 0.3) is 5.69 Å². The molecule has 1 aromatic carbocycles. The number of hydrogen-bond acceptors (Lipinski definition) is 9. The number of nitrogens with zero attached hydrogens (tertiary/aromatic N) is 7. The van der Waals surface area contributed by atoms with E-state index in [2.05, 4.69) is 20.4 Å². The maximum absolute atomic E-state index is 14.2. The summed E-state index contributed by atoms with van der Waals surface area (Å²) < 4.78 is 22.4. The van der Waals surface area contributed by atoms with E-state index in [0.717, 1.165) is 0 Å². The van der Waals surface area contributed by atoms with Gasteiger partial charge in [-0.15, -0.1) is 5.10 Å². The number of aromatic nitrogens is 5. The first-order chi connectivity index (χ1) is 18.4. The number of likely N-dealkylation sites (N-methyl/N-ethyl adjacent to an activating group) is 2. The molecule has 1 aliphatic heterocycles. The molecule has 0 spiro atoms. The van der Waals surface area contributed by atoms with Crippen molar-refractivity contribution in [2.24, 2.45) is 0 Å². The average molecular weight is 543 g/mol. The summed E-state index contributed by atoms with van der Waals surface area (Å²) in [7, 11) is 5.43. The van der Waals surface area contributed by atoms with E-state index in [1.165, 1.54) is 38.7 Å². The van der Waals surface area contributed by atoms with Gasteiger partial charge in [-0.25, -0.2) is 19.0 Å². The average Bonchev–Trinajstić information content (AvgIpc) is 3.38. The highest BCUT2D eigenvalue weighted by atomic mass is 19.1. The SMILES string of the molecule is CN(C)CCN(C)C(=O)c1ncn(-c2cc(F)ccc2CNC(=O)c2nc3n(c(=O)c2O)CCOC3(C)C)n1. The third kappa shape index (κ3) is 5.81. The van der Waals surface area contributed by atoms with Gasteiger partial charge in [-0.1, -0.05) is 6.07 Å². The lowest BCUT2D eigenvalue weighted by molar-refractivity contribution is -0.0566. The van der Waals surface area contributed by atoms with Crippen molar-refractivity contribution in [3.05, 3.63) is 63.6 Å². The molecule has 14 heteroatoms. The highest BCUT2D eigenvalue weighted by Crippen LogP contribution is 2.27. The van der Waals surface area contributed by atoms with Crippen LogP contribution in [0.15, 0.2) is 29.3 Å². The molecule has 4 rings (SSSR count). The molecule has 2 aromatic heterocycles. The van der Waals surface area contributed by atoms with Gasteiger partial charge < -0.3 is 25.0 Å². The molecular weight excluding hydrogens is 511 g/mol. The largest absolute Gasteiger partial charge is 0.501 e. The minimum Gasteiger partial charge on any atom is -0.501 e. The molecule has 0 atom stereocenters. The lowest BCUT2D eigenvalue weighted by Crippen LogP contribution is -2.42. The highest BCUT2D eigenvalue weighted by molar-refractivity contribution is 5.94. The molecule has 39 heavy (non-hydrogen) atoms. The van der Waals surface area contributed by atoms with Crippen LogP contribution < -0.4 is 10.9 Å². The lowest BCUT2D eigenvalue weighted by atomic mass is 10.1. The normalized spacial score (nSPS) is 14.2. The van der Waals surface area contributed by atoms with Crippen molar-refractivity contribution in [2.75, 3.05) is 40.8 Å². The Morgan fingerprint density at radius 1 is 1.23 bits per heavy atom. The molecule has 13 nitrogen and oxygen atoms in total. The van der Waals surface area contributed by atoms with Crippen molar-refractivity contribution in [3.8, 4) is 11.4 Å². The summed E-state index contributed by atoms with van der Waals surface area (Å²) in [5, 5.41) is 17.2. The van der Waals surface area contributed by atoms with Crippen molar-refractivity contribution in [2.45, 2.75) is 32.5 Å². The molecule has 0 saturated heterocycles. The van der Waals surface area contributed by atoms with Crippen LogP contribution in [0.4, 0.5) is 4.39 Å². The number of rotatable bonds is 8. The number of ether oxygens (including phenoxy) is 1. The zero-order valence-electron chi connectivity index (χ0n) is 22.4. The number of carbonyl (C=O) groups excluding carboxylic acids is 2. The van der Waals surface area contributed by atoms with Crippen LogP contribution in [-0.4, -0.2) is 91.9 Å². The predicted molar refractivity (Wildman–Crippen MR) is 137 cm³/mol. The zero-order valence-corrected chi connectivity index (χ0v) is 22.4. The predicted octanol–water partition coefficient (Wildman–Crippen LogP) is 0.498. The topological polar surface area (TPSA) is 148 Å². The Labute approximate surface area is 223 Å². The summed E-state index contributed by atoms with van der Waals surface area (Å²) >= 11 is 0. The summed E-state index contributed by atoms with van der Waals surface area (Å²) in [6.07, 6.45) is 1.28. The number of nitrogens with one attached hydrogen (secondary N) is 1. The molecule has 0 aliphatic carbocycles. The third-order valence-corrected chi connectivity index (χ3v) is 6.32. The monoisotopic (exact) mass is 542 g/mol. The van der Waals surface area contributed by atoms with Crippen LogP contribution in [0.5, 0.6) is 5.75 Å². The van der Waals surface area contributed by atoms with Gasteiger partial charge in [0.2, 0.25) is 11.6 Å². The Morgan fingerprint density at radius 2 is 1.97 bits per heavy atom. The van der Waals surface area contributed by atoms with Crippen molar-refractivity contribution in [3.63, 3.8) is 0 Å². The Bertz CT molecular complexity index is 1470. The molecule has 2 N–H and O–H groups in total. The molecule has 0 fully saturated rings. The van der Waals surface area contributed by atoms with Crippen LogP contribution in [0.3, 0.4) is 0 Å². The summed E-state index contributed by atoms with van der Waals surface area (Å²) in [5.74, 6) is -2.37. The first kappa shape index (κ1) is 27.9. The summed E-state index contributed by atoms with van der Waals surface area (Å²) in [5.41, 5.74) is -1.43. The molecule has 0 unspecified atom stereocenters. The number of halogens is 1. The zero-order chi connectivity index (χ0) is 28.5. The van der Waals surface area contributed by atoms with Crippen molar-refractivity contribution >= 4 is 11.8 Å². The number of aromatic hydroxyl groups is 1. The second-order valence-electron chi connectivity index (χ2n) is 9.95. The molecular formula is C25H31FN8O5. The Hall–Kier alpha value is -4.17. The van der Waals surface area contributed by atoms with E-state index in [4.69, 9.17) is 4.74 Å². The summed E-state index contributed by atoms with van der Waals surface area (Å²) in [4.78, 5) is 50.1. The highest BCUT2D eigenvalue weighted by Gasteiger charge is 2.34. The standard InChI is InChI=1S/C25H31FN8O5/c1-25(2)24-29-18(19(35)22(37)33(24)10-11-39-25)21(36)27-13-15-6-7-16(26)12-17(15)34-14-28-20(30-34)23(38)32(5)9-8-31(3)4/h6-7,12,14,35H,8-11,13H2,1-5H3,(H,27,36). The fraction of sp³-hybridized carbons (Fsp3) is 0.440. The van der Waals surface area contributed by atoms with Crippen molar-refractivity contribution in [1.82, 2.24) is 39.4 Å². The van der Waals surface area contributed by atoms with E-state index in [9.17, 15) is 23.9 Å². The van der Waals surface area contributed by atoms with Crippen LogP contribution in [0, 0.1) is 5.82 Å². The van der Waals surface area contributed by atoms with Gasteiger partial charge in [0.25, 0.3) is 17.4 Å². The van der Waals surface area contributed by atoms with E-state index < -0.39 is 40.2 Å². The molecule has 3 heterocycles. The number of fused-ring (bicyclic) bond motifs is 1. The van der Waals surface area contributed by atoms with E-state index in [1.54, 1.807) is 20.9 Å². The third-order valence-electron chi connectivity index (χ3n) is 6.32. The molecule has 208 valence electrons. The Morgan fingerprint density at radius 3 is 2.69 bits per heavy atom. The van der Waals surface area contributed by atoms with Crippen LogP contribution in [0.1, 0.15) is 46.3 Å². The first-order valence-corrected chi connectivity index (χ1v) is 12.3. The van der Waals surface area contributed by atoms with Gasteiger partial charge >= 0.3 is 0 Å². The van der Waals surface area contributed by atoms with E-state index in [1.807, 2.05) is 19.0 Å². The van der Waals surface area contributed by atoms with Gasteiger partial charge in [0.15, 0.2) is 5.69 Å². The summed E-state index contributed by atoms with van der Waals surface area (Å²) in [6.45, 7) is 4.89. The maximum Gasteiger partial charge on any atom is 0.296 e. The second kappa shape index (κ2) is 10.9. The van der Waals surface area contributed by atoms with Gasteiger partial charge in [0, 0.05) is 26.7 Å². The molecule has 2 amide bonds. The minimum absolute atomic E-state index is 0.0657. The quantitative estimate of drug-likeness (QED) is 0.415. The number of amides is 2. The Kier molecular flexibility index (Phi) is 7.79. The van der Waals surface area contributed by atoms with Gasteiger partial charge in [-0.05, 0) is 45.6 Å². The molecule has 0 radical (unpaired) electrons. The molecule has 1 aliphatic rings. The lowest BCUT2D eigenvalue weighted by Gasteiger charge is -2.32. The fourth-order valence-electron chi connectivity index (χ4n) is 4.08. The molecule has 3 aromatic rings. The van der Waals surface area contributed by atoms with E-state index >= 15 is 0 Å². The van der Waals surface area contributed by atoms with Gasteiger partial charge in [0.05, 0.1) is 18.8 Å². The fourth-order valence-corrected chi connectivity index (χ4v) is 4.08. The smallest absolute Gasteiger partial charge is 0.296 e. The van der Waals surface area contributed by atoms with Gasteiger partial charge in [-0.2, -0.15) is 0 Å². The van der Waals surface area contributed by atoms with Crippen molar-refractivity contribution in [1.29, 1.82) is 0 Å². The summed E-state index contributed by atoms with van der Waals surface area (Å²) in [6, 6.07) is 3.86. The maximum atomic E-state index is 14.2. The second-order valence-corrected chi connectivity index (χ2v) is 9.95. The Balaban J connectivity index is 1.56. The van der Waals surface area contributed by atoms with Crippen LogP contribution >= 0.6 is 0 Å². The number of benzene rings is 1. The van der Waals surface area contributed by atoms with Crippen LogP contribution in [-0.2, 0) is 23.4 Å². The minimum atomic E-state index is -0.937. The van der Waals surface area contributed by atoms with E-state index in [0.29, 0.717) is 18.7 Å². The van der Waals surface area contributed by atoms with Crippen molar-refractivity contribution < 1.29 is 23.8 Å². The number of carbonyl (C=O) groups is 2. The molecule has 0 saturated carbocycles.